The van der Waals surface area contributed by atoms with E-state index >= 15 is 0 Å². The summed E-state index contributed by atoms with van der Waals surface area (Å²) in [6.07, 6.45) is -2.92. The van der Waals surface area contributed by atoms with Crippen LogP contribution in [-0.4, -0.2) is 43.3 Å². The second kappa shape index (κ2) is 7.34. The van der Waals surface area contributed by atoms with E-state index < -0.39 is 12.6 Å². The lowest BCUT2D eigenvalue weighted by Crippen LogP contribution is -2.57. The molecule has 0 amide bonds. The lowest BCUT2D eigenvalue weighted by molar-refractivity contribution is -0.138. The molecule has 0 bridgehead atoms. The fraction of sp³-hybridized carbons (Fsp3) is 1.00. The monoisotopic (exact) mass is 268 g/mol. The van der Waals surface area contributed by atoms with Crippen molar-refractivity contribution in [2.45, 2.75) is 64.2 Å². The number of nitrogens with zero attached hydrogens (tertiary/aromatic N) is 1. The molecule has 5 heteroatoms. The minimum absolute atomic E-state index is 0.131. The number of rotatable bonds is 8. The van der Waals surface area contributed by atoms with Gasteiger partial charge in [0, 0.05) is 18.0 Å². The Balaban J connectivity index is 4.74. The van der Waals surface area contributed by atoms with Crippen molar-refractivity contribution in [3.63, 3.8) is 0 Å². The normalized spacial score (nSPS) is 17.8. The molecule has 0 heterocycles. The molecule has 0 saturated heterocycles. The standard InChI is InChI=1S/C13H27F3N2/c1-6-10-17-11(8-9-13(14,15)16)12(3,7-2)18(4)5/h11,17H,6-10H2,1-5H3. The van der Waals surface area contributed by atoms with Gasteiger partial charge in [0.05, 0.1) is 0 Å². The van der Waals surface area contributed by atoms with Crippen LogP contribution in [0.15, 0.2) is 0 Å². The highest BCUT2D eigenvalue weighted by Gasteiger charge is 2.37. The van der Waals surface area contributed by atoms with E-state index in [2.05, 4.69) is 5.32 Å². The Kier molecular flexibility index (Phi) is 7.22. The van der Waals surface area contributed by atoms with E-state index in [-0.39, 0.29) is 18.0 Å². The maximum atomic E-state index is 12.4. The molecule has 0 spiro atoms. The van der Waals surface area contributed by atoms with Crippen LogP contribution in [0, 0.1) is 0 Å². The Morgan fingerprint density at radius 1 is 1.17 bits per heavy atom. The zero-order valence-corrected chi connectivity index (χ0v) is 12.2. The van der Waals surface area contributed by atoms with Gasteiger partial charge in [0.15, 0.2) is 0 Å². The Labute approximate surface area is 109 Å². The fourth-order valence-corrected chi connectivity index (χ4v) is 2.13. The van der Waals surface area contributed by atoms with Crippen LogP contribution in [0.1, 0.15) is 46.5 Å². The van der Waals surface area contributed by atoms with E-state index in [0.29, 0.717) is 0 Å². The minimum atomic E-state index is -4.08. The number of nitrogens with one attached hydrogen (secondary N) is 1. The zero-order valence-electron chi connectivity index (χ0n) is 12.2. The molecule has 1 N–H and O–H groups in total. The van der Waals surface area contributed by atoms with Crippen LogP contribution in [0.25, 0.3) is 0 Å². The SMILES string of the molecule is CCCNC(CCC(F)(F)F)C(C)(CC)N(C)C. The van der Waals surface area contributed by atoms with Gasteiger partial charge in [0.2, 0.25) is 0 Å². The second-order valence-electron chi connectivity index (χ2n) is 5.27. The van der Waals surface area contributed by atoms with Gasteiger partial charge in [-0.1, -0.05) is 13.8 Å². The van der Waals surface area contributed by atoms with Gasteiger partial charge >= 0.3 is 6.18 Å². The van der Waals surface area contributed by atoms with E-state index in [1.807, 2.05) is 39.8 Å². The van der Waals surface area contributed by atoms with Crippen LogP contribution in [0.4, 0.5) is 13.2 Å². The summed E-state index contributed by atoms with van der Waals surface area (Å²) < 4.78 is 37.2. The summed E-state index contributed by atoms with van der Waals surface area (Å²) in [7, 11) is 3.86. The van der Waals surface area contributed by atoms with Crippen LogP contribution >= 0.6 is 0 Å². The largest absolute Gasteiger partial charge is 0.389 e. The van der Waals surface area contributed by atoms with Crippen molar-refractivity contribution in [3.05, 3.63) is 0 Å². The van der Waals surface area contributed by atoms with Crippen LogP contribution in [0.5, 0.6) is 0 Å². The molecule has 0 aromatic carbocycles. The van der Waals surface area contributed by atoms with E-state index in [0.717, 1.165) is 19.4 Å². The summed E-state index contributed by atoms with van der Waals surface area (Å²) in [5, 5.41) is 3.27. The van der Waals surface area contributed by atoms with E-state index in [1.54, 1.807) is 0 Å². The topological polar surface area (TPSA) is 15.3 Å². The van der Waals surface area contributed by atoms with Crippen molar-refractivity contribution >= 4 is 0 Å². The van der Waals surface area contributed by atoms with E-state index in [1.165, 1.54) is 0 Å². The molecule has 0 aromatic rings. The van der Waals surface area contributed by atoms with Crippen molar-refractivity contribution in [3.8, 4) is 0 Å². The second-order valence-corrected chi connectivity index (χ2v) is 5.27. The first-order chi connectivity index (χ1) is 8.17. The first kappa shape index (κ1) is 17.7. The third kappa shape index (κ3) is 5.57. The van der Waals surface area contributed by atoms with Gasteiger partial charge in [-0.3, -0.25) is 0 Å². The highest BCUT2D eigenvalue weighted by Crippen LogP contribution is 2.29. The van der Waals surface area contributed by atoms with Gasteiger partial charge in [-0.2, -0.15) is 13.2 Å². The average Bonchev–Trinajstić information content (AvgIpc) is 2.26. The predicted octanol–water partition coefficient (Wildman–Crippen LogP) is 3.43. The molecule has 0 rings (SSSR count). The van der Waals surface area contributed by atoms with Crippen molar-refractivity contribution in [1.29, 1.82) is 0 Å². The van der Waals surface area contributed by atoms with Crippen molar-refractivity contribution in [2.24, 2.45) is 0 Å². The molecule has 0 aliphatic rings. The molecule has 0 aliphatic heterocycles. The summed E-state index contributed by atoms with van der Waals surface area (Å²) in [6, 6.07) is -0.140. The summed E-state index contributed by atoms with van der Waals surface area (Å²) in [5.74, 6) is 0. The van der Waals surface area contributed by atoms with E-state index in [9.17, 15) is 13.2 Å². The fourth-order valence-electron chi connectivity index (χ4n) is 2.13. The number of hydrogen-bond acceptors (Lipinski definition) is 2. The van der Waals surface area contributed by atoms with Crippen LogP contribution < -0.4 is 5.32 Å². The molecule has 110 valence electrons. The molecule has 0 radical (unpaired) electrons. The summed E-state index contributed by atoms with van der Waals surface area (Å²) in [5.41, 5.74) is -0.250. The molecule has 0 fully saturated rings. The molecule has 0 saturated carbocycles. The van der Waals surface area contributed by atoms with Gasteiger partial charge in [0.25, 0.3) is 0 Å². The Morgan fingerprint density at radius 2 is 1.72 bits per heavy atom. The molecule has 2 atom stereocenters. The van der Waals surface area contributed by atoms with Gasteiger partial charge in [-0.15, -0.1) is 0 Å². The smallest absolute Gasteiger partial charge is 0.312 e. The lowest BCUT2D eigenvalue weighted by Gasteiger charge is -2.43. The molecular weight excluding hydrogens is 241 g/mol. The zero-order chi connectivity index (χ0) is 14.4. The molecular formula is C13H27F3N2. The van der Waals surface area contributed by atoms with Gasteiger partial charge in [-0.25, -0.2) is 0 Å². The third-order valence-corrected chi connectivity index (χ3v) is 3.85. The third-order valence-electron chi connectivity index (χ3n) is 3.85. The van der Waals surface area contributed by atoms with Crippen LogP contribution in [0.3, 0.4) is 0 Å². The number of hydrogen-bond donors (Lipinski definition) is 1. The van der Waals surface area contributed by atoms with E-state index in [4.69, 9.17) is 0 Å². The van der Waals surface area contributed by atoms with Gasteiger partial charge in [0.1, 0.15) is 0 Å². The lowest BCUT2D eigenvalue weighted by atomic mass is 9.85. The first-order valence-electron chi connectivity index (χ1n) is 6.65. The first-order valence-corrected chi connectivity index (χ1v) is 6.65. The molecule has 2 unspecified atom stereocenters. The molecule has 0 aliphatic carbocycles. The Morgan fingerprint density at radius 3 is 2.06 bits per heavy atom. The highest BCUT2D eigenvalue weighted by atomic mass is 19.4. The minimum Gasteiger partial charge on any atom is -0.312 e. The Hall–Kier alpha value is -0.290. The predicted molar refractivity (Wildman–Crippen MR) is 69.8 cm³/mol. The average molecular weight is 268 g/mol. The quantitative estimate of drug-likeness (QED) is 0.725. The number of likely N-dealkylation sites (N-methyl/N-ethyl adjacent to an activating group) is 1. The number of alkyl halides is 3. The summed E-state index contributed by atoms with van der Waals surface area (Å²) in [4.78, 5) is 2.02. The van der Waals surface area contributed by atoms with Crippen molar-refractivity contribution in [1.82, 2.24) is 10.2 Å². The maximum Gasteiger partial charge on any atom is 0.389 e. The molecule has 0 aromatic heterocycles. The van der Waals surface area contributed by atoms with Crippen LogP contribution in [0.2, 0.25) is 0 Å². The summed E-state index contributed by atoms with van der Waals surface area (Å²) >= 11 is 0. The van der Waals surface area contributed by atoms with Crippen LogP contribution in [-0.2, 0) is 0 Å². The number of halogens is 3. The highest BCUT2D eigenvalue weighted by molar-refractivity contribution is 4.94. The molecule has 18 heavy (non-hydrogen) atoms. The van der Waals surface area contributed by atoms with Gasteiger partial charge in [-0.05, 0) is 46.8 Å². The Bertz CT molecular complexity index is 229. The van der Waals surface area contributed by atoms with Crippen molar-refractivity contribution < 1.29 is 13.2 Å². The van der Waals surface area contributed by atoms with Crippen molar-refractivity contribution in [2.75, 3.05) is 20.6 Å². The maximum absolute atomic E-state index is 12.4. The molecule has 2 nitrogen and oxygen atoms in total. The summed E-state index contributed by atoms with van der Waals surface area (Å²) in [6.45, 7) is 6.82. The van der Waals surface area contributed by atoms with Gasteiger partial charge < -0.3 is 10.2 Å².